The van der Waals surface area contributed by atoms with Crippen molar-refractivity contribution in [3.8, 4) is 0 Å². The minimum atomic E-state index is -3.92. The molecule has 5 nitrogen and oxygen atoms in total. The minimum Gasteiger partial charge on any atom is -0.368 e. The molecule has 1 aromatic rings. The van der Waals surface area contributed by atoms with Crippen LogP contribution in [0.15, 0.2) is 29.2 Å². The van der Waals surface area contributed by atoms with E-state index >= 15 is 0 Å². The van der Waals surface area contributed by atoms with Crippen LogP contribution in [0.5, 0.6) is 0 Å². The summed E-state index contributed by atoms with van der Waals surface area (Å²) in [6, 6.07) is 3.41. The molecule has 0 bridgehead atoms. The summed E-state index contributed by atoms with van der Waals surface area (Å²) in [6.45, 7) is 1.30. The van der Waals surface area contributed by atoms with E-state index < -0.39 is 27.8 Å². The molecule has 1 rings (SSSR count). The zero-order chi connectivity index (χ0) is 12.3. The van der Waals surface area contributed by atoms with Crippen molar-refractivity contribution in [3.05, 3.63) is 30.1 Å². The summed E-state index contributed by atoms with van der Waals surface area (Å²) >= 11 is 0. The average Bonchev–Trinajstić information content (AvgIpc) is 2.17. The van der Waals surface area contributed by atoms with Crippen LogP contribution in [0, 0.1) is 5.82 Å². The molecule has 0 spiro atoms. The molecule has 0 heterocycles. The summed E-state index contributed by atoms with van der Waals surface area (Å²) in [7, 11) is -3.92. The number of rotatable bonds is 4. The lowest BCUT2D eigenvalue weighted by atomic mass is 10.3. The van der Waals surface area contributed by atoms with Crippen LogP contribution < -0.4 is 10.5 Å². The summed E-state index contributed by atoms with van der Waals surface area (Å²) in [5, 5.41) is 0. The number of carbonyl (C=O) groups excluding carboxylic acids is 1. The monoisotopic (exact) mass is 246 g/mol. The van der Waals surface area contributed by atoms with E-state index in [4.69, 9.17) is 5.73 Å². The number of amides is 1. The molecule has 0 saturated carbocycles. The molecule has 0 aliphatic carbocycles. The summed E-state index contributed by atoms with van der Waals surface area (Å²) < 4.78 is 38.1. The minimum absolute atomic E-state index is 0.249. The summed E-state index contributed by atoms with van der Waals surface area (Å²) in [4.78, 5) is 10.4. The van der Waals surface area contributed by atoms with Gasteiger partial charge in [0.1, 0.15) is 5.82 Å². The highest BCUT2D eigenvalue weighted by molar-refractivity contribution is 7.89. The Morgan fingerprint density at radius 3 is 2.62 bits per heavy atom. The van der Waals surface area contributed by atoms with Gasteiger partial charge in [0.15, 0.2) is 0 Å². The number of hydrogen-bond acceptors (Lipinski definition) is 3. The van der Waals surface area contributed by atoms with Crippen LogP contribution in [0.25, 0.3) is 0 Å². The molecule has 3 N–H and O–H groups in total. The van der Waals surface area contributed by atoms with Gasteiger partial charge in [0.25, 0.3) is 0 Å². The molecule has 1 aromatic carbocycles. The molecule has 0 aliphatic heterocycles. The Bertz CT molecular complexity index is 501. The van der Waals surface area contributed by atoms with Crippen molar-refractivity contribution in [2.75, 3.05) is 0 Å². The van der Waals surface area contributed by atoms with E-state index in [1.807, 2.05) is 4.72 Å². The fourth-order valence-electron chi connectivity index (χ4n) is 0.993. The molecule has 0 aliphatic rings. The predicted molar refractivity (Wildman–Crippen MR) is 55.4 cm³/mol. The second-order valence-corrected chi connectivity index (χ2v) is 4.92. The quantitative estimate of drug-likeness (QED) is 0.782. The Balaban J connectivity index is 2.99. The summed E-state index contributed by atoms with van der Waals surface area (Å²) in [6.07, 6.45) is 0. The lowest BCUT2D eigenvalue weighted by Gasteiger charge is -2.10. The van der Waals surface area contributed by atoms with E-state index in [9.17, 15) is 17.6 Å². The molecule has 0 saturated heterocycles. The predicted octanol–water partition coefficient (Wildman–Crippen LogP) is -0.0222. The van der Waals surface area contributed by atoms with E-state index in [-0.39, 0.29) is 4.90 Å². The third-order valence-corrected chi connectivity index (χ3v) is 3.40. The molecule has 0 aromatic heterocycles. The molecule has 88 valence electrons. The van der Waals surface area contributed by atoms with Crippen LogP contribution in [0.2, 0.25) is 0 Å². The van der Waals surface area contributed by atoms with Crippen LogP contribution in [-0.2, 0) is 14.8 Å². The average molecular weight is 246 g/mol. The van der Waals surface area contributed by atoms with Crippen molar-refractivity contribution in [2.24, 2.45) is 5.73 Å². The van der Waals surface area contributed by atoms with Gasteiger partial charge in [-0.05, 0) is 25.1 Å². The van der Waals surface area contributed by atoms with Crippen LogP contribution >= 0.6 is 0 Å². The van der Waals surface area contributed by atoms with E-state index in [1.165, 1.54) is 19.1 Å². The Morgan fingerprint density at radius 2 is 2.12 bits per heavy atom. The molecule has 16 heavy (non-hydrogen) atoms. The highest BCUT2D eigenvalue weighted by Gasteiger charge is 2.20. The number of benzene rings is 1. The number of hydrogen-bond donors (Lipinski definition) is 2. The zero-order valence-electron chi connectivity index (χ0n) is 8.48. The van der Waals surface area contributed by atoms with E-state index in [0.717, 1.165) is 12.1 Å². The van der Waals surface area contributed by atoms with Gasteiger partial charge in [0, 0.05) is 0 Å². The largest absolute Gasteiger partial charge is 0.368 e. The second-order valence-electron chi connectivity index (χ2n) is 3.20. The highest BCUT2D eigenvalue weighted by atomic mass is 32.2. The molecule has 0 fully saturated rings. The third-order valence-electron chi connectivity index (χ3n) is 1.87. The number of sulfonamides is 1. The van der Waals surface area contributed by atoms with Gasteiger partial charge in [0.05, 0.1) is 10.9 Å². The zero-order valence-corrected chi connectivity index (χ0v) is 9.29. The van der Waals surface area contributed by atoms with Gasteiger partial charge in [-0.1, -0.05) is 6.07 Å². The van der Waals surface area contributed by atoms with Gasteiger partial charge in [-0.25, -0.2) is 12.8 Å². The first-order chi connectivity index (χ1) is 7.33. The van der Waals surface area contributed by atoms with Gasteiger partial charge >= 0.3 is 0 Å². The fourth-order valence-corrected chi connectivity index (χ4v) is 2.24. The number of carbonyl (C=O) groups is 1. The third kappa shape index (κ3) is 3.01. The first-order valence-corrected chi connectivity index (χ1v) is 5.88. The first kappa shape index (κ1) is 12.6. The SMILES string of the molecule is CC(NS(=O)(=O)c1cccc(F)c1)C(N)=O. The van der Waals surface area contributed by atoms with Crippen LogP contribution in [0.1, 0.15) is 6.92 Å². The highest BCUT2D eigenvalue weighted by Crippen LogP contribution is 2.10. The smallest absolute Gasteiger partial charge is 0.241 e. The first-order valence-electron chi connectivity index (χ1n) is 4.40. The number of nitrogens with one attached hydrogen (secondary N) is 1. The maximum Gasteiger partial charge on any atom is 0.241 e. The topological polar surface area (TPSA) is 89.3 Å². The van der Waals surface area contributed by atoms with Crippen molar-refractivity contribution in [2.45, 2.75) is 17.9 Å². The Morgan fingerprint density at radius 1 is 1.50 bits per heavy atom. The van der Waals surface area contributed by atoms with Crippen LogP contribution in [0.4, 0.5) is 4.39 Å². The standard InChI is InChI=1S/C9H11FN2O3S/c1-6(9(11)13)12-16(14,15)8-4-2-3-7(10)5-8/h2-6,12H,1H3,(H2,11,13). The lowest BCUT2D eigenvalue weighted by Crippen LogP contribution is -2.42. The van der Waals surface area contributed by atoms with Crippen molar-refractivity contribution >= 4 is 15.9 Å². The number of primary amides is 1. The number of nitrogens with two attached hydrogens (primary N) is 1. The van der Waals surface area contributed by atoms with E-state index in [0.29, 0.717) is 0 Å². The van der Waals surface area contributed by atoms with E-state index in [2.05, 4.69) is 0 Å². The van der Waals surface area contributed by atoms with Gasteiger partial charge in [-0.2, -0.15) is 4.72 Å². The molecule has 7 heteroatoms. The summed E-state index contributed by atoms with van der Waals surface area (Å²) in [5.74, 6) is -1.48. The fraction of sp³-hybridized carbons (Fsp3) is 0.222. The Labute approximate surface area is 92.5 Å². The van der Waals surface area contributed by atoms with Crippen LogP contribution in [0.3, 0.4) is 0 Å². The van der Waals surface area contributed by atoms with Crippen molar-refractivity contribution in [3.63, 3.8) is 0 Å². The van der Waals surface area contributed by atoms with Crippen molar-refractivity contribution < 1.29 is 17.6 Å². The maximum atomic E-state index is 12.8. The van der Waals surface area contributed by atoms with Crippen LogP contribution in [-0.4, -0.2) is 20.4 Å². The molecule has 0 radical (unpaired) electrons. The van der Waals surface area contributed by atoms with Crippen molar-refractivity contribution in [1.29, 1.82) is 0 Å². The molecular weight excluding hydrogens is 235 g/mol. The van der Waals surface area contributed by atoms with Gasteiger partial charge < -0.3 is 5.73 Å². The van der Waals surface area contributed by atoms with Gasteiger partial charge in [-0.15, -0.1) is 0 Å². The molecule has 1 amide bonds. The molecular formula is C9H11FN2O3S. The summed E-state index contributed by atoms with van der Waals surface area (Å²) in [5.41, 5.74) is 4.91. The van der Waals surface area contributed by atoms with E-state index in [1.54, 1.807) is 0 Å². The van der Waals surface area contributed by atoms with Gasteiger partial charge in [0.2, 0.25) is 15.9 Å². The Hall–Kier alpha value is -1.47. The second kappa shape index (κ2) is 4.58. The Kier molecular flexibility index (Phi) is 3.61. The normalized spacial score (nSPS) is 13.4. The van der Waals surface area contributed by atoms with Crippen molar-refractivity contribution in [1.82, 2.24) is 4.72 Å². The maximum absolute atomic E-state index is 12.8. The number of halogens is 1. The van der Waals surface area contributed by atoms with Gasteiger partial charge in [-0.3, -0.25) is 4.79 Å². The molecule has 1 unspecified atom stereocenters. The molecule has 1 atom stereocenters. The lowest BCUT2D eigenvalue weighted by molar-refractivity contribution is -0.119.